The molecular weight excluding hydrogens is 335 g/mol. The van der Waals surface area contributed by atoms with Gasteiger partial charge in [-0.15, -0.1) is 0 Å². The van der Waals surface area contributed by atoms with E-state index in [1.54, 1.807) is 20.8 Å². The third-order valence-electron chi connectivity index (χ3n) is 2.36. The summed E-state index contributed by atoms with van der Waals surface area (Å²) in [5.74, 6) is -1.35. The van der Waals surface area contributed by atoms with Crippen LogP contribution in [0.25, 0.3) is 0 Å². The van der Waals surface area contributed by atoms with Crippen molar-refractivity contribution in [3.8, 4) is 0 Å². The highest BCUT2D eigenvalue weighted by Crippen LogP contribution is 2.37. The molecule has 0 fully saturated rings. The molecule has 0 bridgehead atoms. The molecule has 23 heavy (non-hydrogen) atoms. The highest BCUT2D eigenvalue weighted by Gasteiger charge is 2.30. The van der Waals surface area contributed by atoms with Crippen molar-refractivity contribution in [1.29, 1.82) is 0 Å². The van der Waals surface area contributed by atoms with Gasteiger partial charge in [0.05, 0.1) is 0 Å². The molecule has 0 saturated heterocycles. The maximum Gasteiger partial charge on any atom is 0.446 e. The summed E-state index contributed by atoms with van der Waals surface area (Å²) in [6, 6.07) is 3.28. The second-order valence-corrected chi connectivity index (χ2v) is 6.67. The maximum atomic E-state index is 12.3. The molecular formula is C14H16F3NO4S. The molecule has 1 amide bonds. The Bertz CT molecular complexity index is 567. The molecule has 1 unspecified atom stereocenters. The van der Waals surface area contributed by atoms with Gasteiger partial charge in [0.2, 0.25) is 0 Å². The van der Waals surface area contributed by atoms with E-state index < -0.39 is 29.2 Å². The van der Waals surface area contributed by atoms with E-state index in [4.69, 9.17) is 4.74 Å². The summed E-state index contributed by atoms with van der Waals surface area (Å²) in [6.45, 7) is 4.85. The molecule has 2 N–H and O–H groups in total. The van der Waals surface area contributed by atoms with Gasteiger partial charge < -0.3 is 15.2 Å². The molecule has 9 heteroatoms. The molecule has 0 aromatic heterocycles. The summed E-state index contributed by atoms with van der Waals surface area (Å²) in [4.78, 5) is 22.8. The number of alkyl halides is 3. The number of thioether (sulfide) groups is 1. The van der Waals surface area contributed by atoms with Crippen LogP contribution in [0.4, 0.5) is 18.0 Å². The molecule has 1 atom stereocenters. The lowest BCUT2D eigenvalue weighted by Crippen LogP contribution is -2.38. The second-order valence-electron chi connectivity index (χ2n) is 5.53. The van der Waals surface area contributed by atoms with Crippen molar-refractivity contribution in [2.24, 2.45) is 0 Å². The van der Waals surface area contributed by atoms with Crippen LogP contribution in [-0.2, 0) is 9.53 Å². The molecule has 0 aliphatic carbocycles. The van der Waals surface area contributed by atoms with Crippen LogP contribution in [0.2, 0.25) is 0 Å². The number of halogens is 3. The number of ether oxygens (including phenoxy) is 1. The molecule has 1 aromatic carbocycles. The summed E-state index contributed by atoms with van der Waals surface area (Å²) >= 11 is -0.308. The highest BCUT2D eigenvalue weighted by atomic mass is 32.2. The fourth-order valence-electron chi connectivity index (χ4n) is 1.58. The highest BCUT2D eigenvalue weighted by molar-refractivity contribution is 8.00. The minimum Gasteiger partial charge on any atom is -0.479 e. The number of carboxylic acids is 1. The van der Waals surface area contributed by atoms with Crippen LogP contribution >= 0.6 is 11.8 Å². The Morgan fingerprint density at radius 2 is 1.70 bits per heavy atom. The summed E-state index contributed by atoms with van der Waals surface area (Å²) in [5.41, 5.74) is -5.10. The Labute approximate surface area is 135 Å². The van der Waals surface area contributed by atoms with Gasteiger partial charge in [-0.3, -0.25) is 0 Å². The Morgan fingerprint density at radius 3 is 2.09 bits per heavy atom. The molecule has 0 spiro atoms. The first-order valence-electron chi connectivity index (χ1n) is 6.45. The molecule has 1 rings (SSSR count). The Balaban J connectivity index is 2.86. The van der Waals surface area contributed by atoms with E-state index in [-0.39, 0.29) is 22.2 Å². The Hall–Kier alpha value is -1.90. The normalized spacial score (nSPS) is 13.3. The number of carbonyl (C=O) groups is 2. The van der Waals surface area contributed by atoms with Crippen molar-refractivity contribution >= 4 is 23.8 Å². The first kappa shape index (κ1) is 19.1. The minimum atomic E-state index is -4.43. The Kier molecular flexibility index (Phi) is 5.92. The number of carboxylic acid groups (broad SMARTS) is 1. The average Bonchev–Trinajstić information content (AvgIpc) is 2.32. The van der Waals surface area contributed by atoms with Crippen molar-refractivity contribution in [3.05, 3.63) is 29.8 Å². The van der Waals surface area contributed by atoms with Gasteiger partial charge in [0, 0.05) is 4.90 Å². The second kappa shape index (κ2) is 7.12. The zero-order valence-electron chi connectivity index (χ0n) is 12.6. The molecule has 0 saturated carbocycles. The van der Waals surface area contributed by atoms with Crippen LogP contribution in [0.3, 0.4) is 0 Å². The van der Waals surface area contributed by atoms with Gasteiger partial charge in [-0.1, -0.05) is 12.1 Å². The van der Waals surface area contributed by atoms with Crippen LogP contribution in [0, 0.1) is 0 Å². The van der Waals surface area contributed by atoms with Crippen LogP contribution < -0.4 is 5.32 Å². The number of nitrogens with one attached hydrogen (secondary N) is 1. The molecule has 1 aromatic rings. The first-order chi connectivity index (χ1) is 10.4. The summed E-state index contributed by atoms with van der Waals surface area (Å²) in [7, 11) is 0. The van der Waals surface area contributed by atoms with Crippen molar-refractivity contribution in [2.75, 3.05) is 0 Å². The number of aliphatic carboxylic acids is 1. The predicted octanol–water partition coefficient (Wildman–Crippen LogP) is 3.95. The third kappa shape index (κ3) is 7.27. The molecule has 128 valence electrons. The van der Waals surface area contributed by atoms with Crippen molar-refractivity contribution in [1.82, 2.24) is 5.32 Å². The quantitative estimate of drug-likeness (QED) is 0.804. The topological polar surface area (TPSA) is 75.6 Å². The molecule has 0 heterocycles. The van der Waals surface area contributed by atoms with Crippen LogP contribution in [-0.4, -0.2) is 28.3 Å². The number of hydrogen-bond acceptors (Lipinski definition) is 4. The van der Waals surface area contributed by atoms with Crippen LogP contribution in [0.15, 0.2) is 29.2 Å². The van der Waals surface area contributed by atoms with Gasteiger partial charge in [0.25, 0.3) is 0 Å². The largest absolute Gasteiger partial charge is 0.479 e. The fourth-order valence-corrected chi connectivity index (χ4v) is 2.11. The van der Waals surface area contributed by atoms with Gasteiger partial charge in [-0.25, -0.2) is 9.59 Å². The van der Waals surface area contributed by atoms with E-state index in [2.05, 4.69) is 5.32 Å². The first-order valence-corrected chi connectivity index (χ1v) is 7.27. The van der Waals surface area contributed by atoms with Crippen molar-refractivity contribution < 1.29 is 32.6 Å². The number of alkyl carbamates (subject to hydrolysis) is 1. The van der Waals surface area contributed by atoms with Gasteiger partial charge >= 0.3 is 17.6 Å². The van der Waals surface area contributed by atoms with E-state index in [0.717, 1.165) is 12.1 Å². The SMILES string of the molecule is CC(C)(C)OC(=O)NC(C(=O)O)c1ccc(SC(F)(F)F)cc1. The smallest absolute Gasteiger partial charge is 0.446 e. The standard InChI is InChI=1S/C14H16F3NO4S/c1-13(2,3)22-12(21)18-10(11(19)20)8-4-6-9(7-5-8)23-14(15,16)17/h4-7,10H,1-3H3,(H,18,21)(H,19,20). The number of benzene rings is 1. The summed E-state index contributed by atoms with van der Waals surface area (Å²) < 4.78 is 41.7. The van der Waals surface area contributed by atoms with Gasteiger partial charge in [0.15, 0.2) is 6.04 Å². The predicted molar refractivity (Wildman–Crippen MR) is 78.1 cm³/mol. The number of amides is 1. The zero-order valence-corrected chi connectivity index (χ0v) is 13.4. The molecule has 0 aliphatic heterocycles. The number of rotatable bonds is 4. The van der Waals surface area contributed by atoms with Gasteiger partial charge in [0.1, 0.15) is 5.60 Å². The van der Waals surface area contributed by atoms with Crippen LogP contribution in [0.5, 0.6) is 0 Å². The number of carbonyl (C=O) groups excluding carboxylic acids is 1. The zero-order chi connectivity index (χ0) is 17.8. The third-order valence-corrected chi connectivity index (χ3v) is 3.09. The van der Waals surface area contributed by atoms with Gasteiger partial charge in [-0.2, -0.15) is 13.2 Å². The van der Waals surface area contributed by atoms with Crippen LogP contribution in [0.1, 0.15) is 32.4 Å². The number of hydrogen-bond donors (Lipinski definition) is 2. The minimum absolute atomic E-state index is 0.0809. The molecule has 5 nitrogen and oxygen atoms in total. The summed E-state index contributed by atoms with van der Waals surface area (Å²) in [5, 5.41) is 11.3. The van der Waals surface area contributed by atoms with Gasteiger partial charge in [-0.05, 0) is 50.2 Å². The lowest BCUT2D eigenvalue weighted by molar-refractivity contribution is -0.139. The summed E-state index contributed by atoms with van der Waals surface area (Å²) in [6.07, 6.45) is -0.932. The van der Waals surface area contributed by atoms with E-state index in [0.29, 0.717) is 0 Å². The fraction of sp³-hybridized carbons (Fsp3) is 0.429. The lowest BCUT2D eigenvalue weighted by Gasteiger charge is -2.22. The van der Waals surface area contributed by atoms with Crippen molar-refractivity contribution in [3.63, 3.8) is 0 Å². The maximum absolute atomic E-state index is 12.3. The monoisotopic (exact) mass is 351 g/mol. The van der Waals surface area contributed by atoms with Crippen molar-refractivity contribution in [2.45, 2.75) is 42.8 Å². The van der Waals surface area contributed by atoms with E-state index in [1.807, 2.05) is 0 Å². The Morgan fingerprint density at radius 1 is 1.17 bits per heavy atom. The van der Waals surface area contributed by atoms with E-state index >= 15 is 0 Å². The van der Waals surface area contributed by atoms with E-state index in [1.165, 1.54) is 12.1 Å². The molecule has 0 aliphatic rings. The van der Waals surface area contributed by atoms with E-state index in [9.17, 15) is 27.9 Å². The lowest BCUT2D eigenvalue weighted by atomic mass is 10.1. The molecule has 0 radical (unpaired) electrons. The average molecular weight is 351 g/mol.